The molecular formula is C16H16BrClO. The van der Waals surface area contributed by atoms with Gasteiger partial charge in [0.2, 0.25) is 0 Å². The Morgan fingerprint density at radius 2 is 1.84 bits per heavy atom. The van der Waals surface area contributed by atoms with E-state index in [4.69, 9.17) is 11.6 Å². The molecule has 0 aliphatic heterocycles. The Morgan fingerprint density at radius 3 is 2.47 bits per heavy atom. The lowest BCUT2D eigenvalue weighted by Gasteiger charge is -2.14. The molecule has 1 unspecified atom stereocenters. The van der Waals surface area contributed by atoms with Crippen molar-refractivity contribution in [3.05, 3.63) is 68.7 Å². The number of hydrogen-bond donors (Lipinski definition) is 1. The molecule has 1 N–H and O–H groups in total. The summed E-state index contributed by atoms with van der Waals surface area (Å²) in [6.45, 7) is 2.16. The molecule has 0 aliphatic rings. The zero-order chi connectivity index (χ0) is 13.8. The van der Waals surface area contributed by atoms with E-state index < -0.39 is 6.10 Å². The summed E-state index contributed by atoms with van der Waals surface area (Å²) < 4.78 is 0.863. The van der Waals surface area contributed by atoms with Crippen molar-refractivity contribution >= 4 is 27.5 Å². The molecule has 0 bridgehead atoms. The van der Waals surface area contributed by atoms with Crippen LogP contribution in [0.4, 0.5) is 0 Å². The third-order valence-corrected chi connectivity index (χ3v) is 4.04. The van der Waals surface area contributed by atoms with Crippen molar-refractivity contribution in [2.45, 2.75) is 25.9 Å². The standard InChI is InChI=1S/C16H16BrClO/c1-2-3-11-4-6-12(7-5-11)16(19)14-10-13(18)8-9-15(14)17/h4-10,16,19H,2-3H2,1H3. The van der Waals surface area contributed by atoms with Gasteiger partial charge in [-0.25, -0.2) is 0 Å². The largest absolute Gasteiger partial charge is 0.384 e. The number of rotatable bonds is 4. The van der Waals surface area contributed by atoms with E-state index in [0.29, 0.717) is 5.02 Å². The highest BCUT2D eigenvalue weighted by molar-refractivity contribution is 9.10. The first-order valence-corrected chi connectivity index (χ1v) is 7.50. The molecular weight excluding hydrogens is 324 g/mol. The first-order valence-electron chi connectivity index (χ1n) is 6.33. The van der Waals surface area contributed by atoms with Crippen molar-refractivity contribution in [3.8, 4) is 0 Å². The van der Waals surface area contributed by atoms with Crippen LogP contribution in [0.25, 0.3) is 0 Å². The Kier molecular flexibility index (Phi) is 5.03. The van der Waals surface area contributed by atoms with Crippen molar-refractivity contribution in [2.75, 3.05) is 0 Å². The average molecular weight is 340 g/mol. The molecule has 100 valence electrons. The van der Waals surface area contributed by atoms with Crippen LogP contribution < -0.4 is 0 Å². The summed E-state index contributed by atoms with van der Waals surface area (Å²) in [7, 11) is 0. The highest BCUT2D eigenvalue weighted by Gasteiger charge is 2.14. The minimum Gasteiger partial charge on any atom is -0.384 e. The van der Waals surface area contributed by atoms with Crippen LogP contribution in [0.15, 0.2) is 46.9 Å². The van der Waals surface area contributed by atoms with Crippen LogP contribution in [0.3, 0.4) is 0 Å². The maximum Gasteiger partial charge on any atom is 0.105 e. The summed E-state index contributed by atoms with van der Waals surface area (Å²) in [4.78, 5) is 0. The van der Waals surface area contributed by atoms with Crippen LogP contribution in [-0.2, 0) is 6.42 Å². The first-order chi connectivity index (χ1) is 9.11. The number of benzene rings is 2. The number of hydrogen-bond acceptors (Lipinski definition) is 1. The van der Waals surface area contributed by atoms with Crippen molar-refractivity contribution < 1.29 is 5.11 Å². The minimum absolute atomic E-state index is 0.625. The van der Waals surface area contributed by atoms with E-state index in [9.17, 15) is 5.11 Å². The summed E-state index contributed by atoms with van der Waals surface area (Å²) in [6, 6.07) is 13.5. The quantitative estimate of drug-likeness (QED) is 0.818. The second kappa shape index (κ2) is 6.56. The van der Waals surface area contributed by atoms with Crippen molar-refractivity contribution in [2.24, 2.45) is 0 Å². The molecule has 0 amide bonds. The third kappa shape index (κ3) is 3.59. The van der Waals surface area contributed by atoms with E-state index in [1.807, 2.05) is 18.2 Å². The molecule has 0 aromatic heterocycles. The SMILES string of the molecule is CCCc1ccc(C(O)c2cc(Cl)ccc2Br)cc1. The molecule has 1 atom stereocenters. The maximum absolute atomic E-state index is 10.4. The maximum atomic E-state index is 10.4. The van der Waals surface area contributed by atoms with Gasteiger partial charge in [-0.1, -0.05) is 65.1 Å². The Hall–Kier alpha value is -0.830. The second-order valence-electron chi connectivity index (χ2n) is 4.56. The van der Waals surface area contributed by atoms with Gasteiger partial charge < -0.3 is 5.11 Å². The smallest absolute Gasteiger partial charge is 0.105 e. The van der Waals surface area contributed by atoms with E-state index in [-0.39, 0.29) is 0 Å². The van der Waals surface area contributed by atoms with Crippen LogP contribution in [0.2, 0.25) is 5.02 Å². The van der Waals surface area contributed by atoms with Crippen LogP contribution in [0, 0.1) is 0 Å². The van der Waals surface area contributed by atoms with Gasteiger partial charge in [-0.15, -0.1) is 0 Å². The van der Waals surface area contributed by atoms with E-state index in [1.54, 1.807) is 12.1 Å². The van der Waals surface area contributed by atoms with E-state index in [0.717, 1.165) is 28.4 Å². The molecule has 0 saturated heterocycles. The van der Waals surface area contributed by atoms with Crippen LogP contribution in [0.1, 0.15) is 36.1 Å². The number of aliphatic hydroxyl groups excluding tert-OH is 1. The lowest BCUT2D eigenvalue weighted by molar-refractivity contribution is 0.219. The summed E-state index contributed by atoms with van der Waals surface area (Å²) in [6.07, 6.45) is 1.53. The number of aliphatic hydroxyl groups is 1. The summed E-state index contributed by atoms with van der Waals surface area (Å²) in [5.41, 5.74) is 2.96. The van der Waals surface area contributed by atoms with Crippen molar-refractivity contribution in [1.29, 1.82) is 0 Å². The molecule has 0 radical (unpaired) electrons. The topological polar surface area (TPSA) is 20.2 Å². The second-order valence-corrected chi connectivity index (χ2v) is 5.85. The fourth-order valence-electron chi connectivity index (χ4n) is 2.06. The van der Waals surface area contributed by atoms with Crippen LogP contribution in [-0.4, -0.2) is 5.11 Å². The lowest BCUT2D eigenvalue weighted by Crippen LogP contribution is -2.01. The molecule has 0 aliphatic carbocycles. The van der Waals surface area contributed by atoms with Crippen molar-refractivity contribution in [3.63, 3.8) is 0 Å². The van der Waals surface area contributed by atoms with Gasteiger partial charge >= 0.3 is 0 Å². The van der Waals surface area contributed by atoms with Gasteiger partial charge in [-0.3, -0.25) is 0 Å². The molecule has 19 heavy (non-hydrogen) atoms. The fraction of sp³-hybridized carbons (Fsp3) is 0.250. The van der Waals surface area contributed by atoms with Gasteiger partial charge in [0.1, 0.15) is 6.10 Å². The number of aryl methyl sites for hydroxylation is 1. The van der Waals surface area contributed by atoms with Gasteiger partial charge in [-0.05, 0) is 35.7 Å². The Balaban J connectivity index is 2.27. The van der Waals surface area contributed by atoms with E-state index >= 15 is 0 Å². The fourth-order valence-corrected chi connectivity index (χ4v) is 2.70. The van der Waals surface area contributed by atoms with E-state index in [2.05, 4.69) is 35.0 Å². The Labute approximate surface area is 127 Å². The van der Waals surface area contributed by atoms with Crippen LogP contribution >= 0.6 is 27.5 Å². The summed E-state index contributed by atoms with van der Waals surface area (Å²) >= 11 is 9.43. The highest BCUT2D eigenvalue weighted by atomic mass is 79.9. The minimum atomic E-state index is -0.663. The Bertz CT molecular complexity index is 551. The van der Waals surface area contributed by atoms with Crippen LogP contribution in [0.5, 0.6) is 0 Å². The predicted octanol–water partition coefficient (Wildman–Crippen LogP) is 5.14. The van der Waals surface area contributed by atoms with Crippen molar-refractivity contribution in [1.82, 2.24) is 0 Å². The first kappa shape index (κ1) is 14.6. The van der Waals surface area contributed by atoms with Gasteiger partial charge in [0.15, 0.2) is 0 Å². The molecule has 2 aromatic rings. The molecule has 1 nitrogen and oxygen atoms in total. The monoisotopic (exact) mass is 338 g/mol. The molecule has 3 heteroatoms. The van der Waals surface area contributed by atoms with Gasteiger partial charge in [0, 0.05) is 15.1 Å². The summed E-state index contributed by atoms with van der Waals surface area (Å²) in [5, 5.41) is 11.1. The highest BCUT2D eigenvalue weighted by Crippen LogP contribution is 2.30. The molecule has 0 fully saturated rings. The average Bonchev–Trinajstić information content (AvgIpc) is 2.42. The zero-order valence-corrected chi connectivity index (χ0v) is 13.1. The van der Waals surface area contributed by atoms with Gasteiger partial charge in [0.05, 0.1) is 0 Å². The Morgan fingerprint density at radius 1 is 1.16 bits per heavy atom. The molecule has 0 heterocycles. The molecule has 0 spiro atoms. The number of halogens is 2. The normalized spacial score (nSPS) is 12.4. The zero-order valence-electron chi connectivity index (χ0n) is 10.7. The molecule has 0 saturated carbocycles. The lowest BCUT2D eigenvalue weighted by atomic mass is 9.99. The van der Waals surface area contributed by atoms with E-state index in [1.165, 1.54) is 5.56 Å². The summed E-state index contributed by atoms with van der Waals surface area (Å²) in [5.74, 6) is 0. The van der Waals surface area contributed by atoms with Gasteiger partial charge in [0.25, 0.3) is 0 Å². The predicted molar refractivity (Wildman–Crippen MR) is 83.7 cm³/mol. The molecule has 2 aromatic carbocycles. The van der Waals surface area contributed by atoms with Gasteiger partial charge in [-0.2, -0.15) is 0 Å². The third-order valence-electron chi connectivity index (χ3n) is 3.09. The molecule has 2 rings (SSSR count).